The minimum absolute atomic E-state index is 0.00750. The Balaban J connectivity index is 1.93. The van der Waals surface area contributed by atoms with Crippen molar-refractivity contribution in [1.82, 2.24) is 0 Å². The van der Waals surface area contributed by atoms with Crippen molar-refractivity contribution in [2.24, 2.45) is 0 Å². The van der Waals surface area contributed by atoms with Crippen LogP contribution in [0.1, 0.15) is 15.9 Å². The predicted molar refractivity (Wildman–Crippen MR) is 87.3 cm³/mol. The SMILES string of the molecule is Cc1ccc(N(C)C(=O)c2cccc3c2NCCN3)cc1. The van der Waals surface area contributed by atoms with Crippen LogP contribution in [0, 0.1) is 6.92 Å². The average molecular weight is 281 g/mol. The van der Waals surface area contributed by atoms with Crippen LogP contribution in [0.2, 0.25) is 0 Å². The van der Waals surface area contributed by atoms with Crippen molar-refractivity contribution in [2.45, 2.75) is 6.92 Å². The number of fused-ring (bicyclic) bond motifs is 1. The Morgan fingerprint density at radius 2 is 1.76 bits per heavy atom. The number of rotatable bonds is 2. The lowest BCUT2D eigenvalue weighted by molar-refractivity contribution is 0.0994. The maximum Gasteiger partial charge on any atom is 0.260 e. The second-order valence-corrected chi connectivity index (χ2v) is 5.28. The van der Waals surface area contributed by atoms with E-state index in [1.165, 1.54) is 5.56 Å². The van der Waals surface area contributed by atoms with E-state index in [1.54, 1.807) is 4.90 Å². The zero-order chi connectivity index (χ0) is 14.8. The third kappa shape index (κ3) is 2.57. The molecule has 2 aromatic rings. The minimum atomic E-state index is -0.00750. The van der Waals surface area contributed by atoms with Gasteiger partial charge in [-0.3, -0.25) is 4.79 Å². The van der Waals surface area contributed by atoms with Crippen molar-refractivity contribution in [1.29, 1.82) is 0 Å². The van der Waals surface area contributed by atoms with E-state index >= 15 is 0 Å². The molecule has 0 saturated heterocycles. The zero-order valence-electron chi connectivity index (χ0n) is 12.3. The summed E-state index contributed by atoms with van der Waals surface area (Å²) >= 11 is 0. The number of hydrogen-bond acceptors (Lipinski definition) is 3. The van der Waals surface area contributed by atoms with Gasteiger partial charge in [0.05, 0.1) is 16.9 Å². The van der Waals surface area contributed by atoms with Crippen molar-refractivity contribution in [3.8, 4) is 0 Å². The summed E-state index contributed by atoms with van der Waals surface area (Å²) in [6, 6.07) is 13.7. The number of anilines is 3. The van der Waals surface area contributed by atoms with Crippen LogP contribution in [0.3, 0.4) is 0 Å². The number of nitrogens with zero attached hydrogens (tertiary/aromatic N) is 1. The highest BCUT2D eigenvalue weighted by atomic mass is 16.2. The molecule has 3 rings (SSSR count). The number of carbonyl (C=O) groups is 1. The van der Waals surface area contributed by atoms with Crippen molar-refractivity contribution >= 4 is 23.0 Å². The lowest BCUT2D eigenvalue weighted by atomic mass is 10.1. The molecule has 4 heteroatoms. The van der Waals surface area contributed by atoms with Gasteiger partial charge in [-0.15, -0.1) is 0 Å². The highest BCUT2D eigenvalue weighted by molar-refractivity contribution is 6.11. The van der Waals surface area contributed by atoms with Crippen LogP contribution in [-0.4, -0.2) is 26.0 Å². The Kier molecular flexibility index (Phi) is 3.52. The van der Waals surface area contributed by atoms with E-state index in [0.29, 0.717) is 5.56 Å². The van der Waals surface area contributed by atoms with Gasteiger partial charge in [0.25, 0.3) is 5.91 Å². The van der Waals surface area contributed by atoms with Crippen LogP contribution in [0.25, 0.3) is 0 Å². The lowest BCUT2D eigenvalue weighted by Crippen LogP contribution is -2.29. The molecule has 0 bridgehead atoms. The highest BCUT2D eigenvalue weighted by Crippen LogP contribution is 2.30. The molecule has 1 aliphatic heterocycles. The Morgan fingerprint density at radius 3 is 2.52 bits per heavy atom. The van der Waals surface area contributed by atoms with E-state index in [4.69, 9.17) is 0 Å². The molecule has 2 aromatic carbocycles. The number of benzene rings is 2. The maximum atomic E-state index is 12.8. The van der Waals surface area contributed by atoms with Crippen molar-refractivity contribution in [3.05, 3.63) is 53.6 Å². The van der Waals surface area contributed by atoms with Crippen molar-refractivity contribution in [3.63, 3.8) is 0 Å². The Labute approximate surface area is 124 Å². The summed E-state index contributed by atoms with van der Waals surface area (Å²) in [7, 11) is 1.81. The first-order valence-electron chi connectivity index (χ1n) is 7.12. The van der Waals surface area contributed by atoms with E-state index < -0.39 is 0 Å². The van der Waals surface area contributed by atoms with E-state index in [9.17, 15) is 4.79 Å². The zero-order valence-corrected chi connectivity index (χ0v) is 12.3. The number of nitrogens with one attached hydrogen (secondary N) is 2. The van der Waals surface area contributed by atoms with Gasteiger partial charge < -0.3 is 15.5 Å². The highest BCUT2D eigenvalue weighted by Gasteiger charge is 2.20. The van der Waals surface area contributed by atoms with E-state index in [0.717, 1.165) is 30.2 Å². The summed E-state index contributed by atoms with van der Waals surface area (Å²) in [6.07, 6.45) is 0. The minimum Gasteiger partial charge on any atom is -0.382 e. The van der Waals surface area contributed by atoms with E-state index in [-0.39, 0.29) is 5.91 Å². The molecule has 1 aliphatic rings. The van der Waals surface area contributed by atoms with Gasteiger partial charge in [-0.2, -0.15) is 0 Å². The molecule has 1 heterocycles. The third-order valence-electron chi connectivity index (χ3n) is 3.76. The van der Waals surface area contributed by atoms with Crippen LogP contribution in [-0.2, 0) is 0 Å². The molecule has 0 saturated carbocycles. The number of para-hydroxylation sites is 1. The average Bonchev–Trinajstić information content (AvgIpc) is 2.53. The molecule has 21 heavy (non-hydrogen) atoms. The molecular formula is C17H19N3O. The summed E-state index contributed by atoms with van der Waals surface area (Å²) in [5.74, 6) is -0.00750. The number of amides is 1. The second-order valence-electron chi connectivity index (χ2n) is 5.28. The first-order valence-corrected chi connectivity index (χ1v) is 7.12. The lowest BCUT2D eigenvalue weighted by Gasteiger charge is -2.24. The Morgan fingerprint density at radius 1 is 1.05 bits per heavy atom. The molecule has 108 valence electrons. The topological polar surface area (TPSA) is 44.4 Å². The van der Waals surface area contributed by atoms with Gasteiger partial charge in [-0.25, -0.2) is 0 Å². The fraction of sp³-hybridized carbons (Fsp3) is 0.235. The predicted octanol–water partition coefficient (Wildman–Crippen LogP) is 3.11. The third-order valence-corrected chi connectivity index (χ3v) is 3.76. The molecule has 0 aliphatic carbocycles. The molecular weight excluding hydrogens is 262 g/mol. The molecule has 0 fully saturated rings. The normalized spacial score (nSPS) is 12.9. The number of hydrogen-bond donors (Lipinski definition) is 2. The molecule has 0 unspecified atom stereocenters. The molecule has 0 atom stereocenters. The summed E-state index contributed by atoms with van der Waals surface area (Å²) in [5.41, 5.74) is 4.66. The summed E-state index contributed by atoms with van der Waals surface area (Å²) < 4.78 is 0. The largest absolute Gasteiger partial charge is 0.382 e. The first-order chi connectivity index (χ1) is 10.2. The number of aryl methyl sites for hydroxylation is 1. The quantitative estimate of drug-likeness (QED) is 0.889. The van der Waals surface area contributed by atoms with Crippen LogP contribution in [0.15, 0.2) is 42.5 Å². The monoisotopic (exact) mass is 281 g/mol. The molecule has 0 aromatic heterocycles. The van der Waals surface area contributed by atoms with E-state index in [2.05, 4.69) is 10.6 Å². The Bertz CT molecular complexity index is 664. The van der Waals surface area contributed by atoms with Crippen LogP contribution in [0.4, 0.5) is 17.1 Å². The van der Waals surface area contributed by atoms with Gasteiger partial charge in [-0.05, 0) is 31.2 Å². The van der Waals surface area contributed by atoms with Gasteiger partial charge in [0.1, 0.15) is 0 Å². The fourth-order valence-electron chi connectivity index (χ4n) is 2.52. The smallest absolute Gasteiger partial charge is 0.260 e. The summed E-state index contributed by atoms with van der Waals surface area (Å²) in [5, 5.41) is 6.63. The van der Waals surface area contributed by atoms with Crippen LogP contribution in [0.5, 0.6) is 0 Å². The summed E-state index contributed by atoms with van der Waals surface area (Å²) in [6.45, 7) is 3.73. The van der Waals surface area contributed by atoms with Crippen molar-refractivity contribution in [2.75, 3.05) is 35.7 Å². The standard InChI is InChI=1S/C17H19N3O/c1-12-6-8-13(9-7-12)20(2)17(21)14-4-3-5-15-16(14)19-11-10-18-15/h3-9,18-19H,10-11H2,1-2H3. The van der Waals surface area contributed by atoms with Gasteiger partial charge in [0.15, 0.2) is 0 Å². The van der Waals surface area contributed by atoms with Crippen LogP contribution >= 0.6 is 0 Å². The van der Waals surface area contributed by atoms with Gasteiger partial charge in [0.2, 0.25) is 0 Å². The van der Waals surface area contributed by atoms with E-state index in [1.807, 2.05) is 56.4 Å². The summed E-state index contributed by atoms with van der Waals surface area (Å²) in [4.78, 5) is 14.4. The molecule has 1 amide bonds. The number of carbonyl (C=O) groups excluding carboxylic acids is 1. The fourth-order valence-corrected chi connectivity index (χ4v) is 2.52. The van der Waals surface area contributed by atoms with Gasteiger partial charge in [0, 0.05) is 25.8 Å². The molecule has 0 radical (unpaired) electrons. The molecule has 4 nitrogen and oxygen atoms in total. The molecule has 2 N–H and O–H groups in total. The molecule has 0 spiro atoms. The van der Waals surface area contributed by atoms with Crippen LogP contribution < -0.4 is 15.5 Å². The first kappa shape index (κ1) is 13.5. The van der Waals surface area contributed by atoms with Gasteiger partial charge in [-0.1, -0.05) is 23.8 Å². The maximum absolute atomic E-state index is 12.8. The second kappa shape index (κ2) is 5.48. The van der Waals surface area contributed by atoms with Crippen molar-refractivity contribution < 1.29 is 4.79 Å². The van der Waals surface area contributed by atoms with Gasteiger partial charge >= 0.3 is 0 Å². The Hall–Kier alpha value is -2.49.